The quantitative estimate of drug-likeness (QED) is 0.779. The number of piperidine rings is 1. The summed E-state index contributed by atoms with van der Waals surface area (Å²) in [5, 5.41) is 3.60. The number of aromatic nitrogens is 2. The Morgan fingerprint density at radius 2 is 1.92 bits per heavy atom. The van der Waals surface area contributed by atoms with E-state index in [1.165, 1.54) is 0 Å². The van der Waals surface area contributed by atoms with E-state index >= 15 is 0 Å². The van der Waals surface area contributed by atoms with E-state index in [-0.39, 0.29) is 0 Å². The normalized spacial score (nSPS) is 15.2. The van der Waals surface area contributed by atoms with Gasteiger partial charge in [-0.15, -0.1) is 0 Å². The lowest BCUT2D eigenvalue weighted by Gasteiger charge is -2.33. The lowest BCUT2D eigenvalue weighted by Crippen LogP contribution is -2.44. The molecule has 0 radical (unpaired) electrons. The number of hydrogen-bond acceptors (Lipinski definition) is 6. The SMILES string of the molecule is CN(C)c1nccc(N2CCC(NCCOc3ccccc3)CC2)n1. The summed E-state index contributed by atoms with van der Waals surface area (Å²) < 4.78 is 5.73. The minimum absolute atomic E-state index is 0.547. The number of benzene rings is 1. The zero-order chi connectivity index (χ0) is 17.5. The van der Waals surface area contributed by atoms with Crippen molar-refractivity contribution in [2.45, 2.75) is 18.9 Å². The maximum absolute atomic E-state index is 5.73. The van der Waals surface area contributed by atoms with Crippen molar-refractivity contribution in [2.24, 2.45) is 0 Å². The van der Waals surface area contributed by atoms with Crippen molar-refractivity contribution >= 4 is 11.8 Å². The van der Waals surface area contributed by atoms with Gasteiger partial charge in [0.25, 0.3) is 0 Å². The molecule has 0 spiro atoms. The van der Waals surface area contributed by atoms with E-state index in [9.17, 15) is 0 Å². The Morgan fingerprint density at radius 3 is 2.64 bits per heavy atom. The number of rotatable bonds is 7. The molecule has 0 unspecified atom stereocenters. The van der Waals surface area contributed by atoms with Crippen molar-refractivity contribution in [3.8, 4) is 5.75 Å². The van der Waals surface area contributed by atoms with Crippen LogP contribution in [0.4, 0.5) is 11.8 Å². The molecule has 0 aliphatic carbocycles. The minimum Gasteiger partial charge on any atom is -0.492 e. The molecule has 1 aromatic carbocycles. The summed E-state index contributed by atoms with van der Waals surface area (Å²) in [5.41, 5.74) is 0. The molecule has 1 fully saturated rings. The molecule has 1 N–H and O–H groups in total. The van der Waals surface area contributed by atoms with Crippen molar-refractivity contribution < 1.29 is 4.74 Å². The molecule has 2 aromatic rings. The molecule has 6 nitrogen and oxygen atoms in total. The van der Waals surface area contributed by atoms with Gasteiger partial charge in [0.15, 0.2) is 0 Å². The zero-order valence-electron chi connectivity index (χ0n) is 15.1. The van der Waals surface area contributed by atoms with E-state index in [1.807, 2.05) is 61.6 Å². The van der Waals surface area contributed by atoms with E-state index in [0.29, 0.717) is 12.6 Å². The highest BCUT2D eigenvalue weighted by atomic mass is 16.5. The molecular weight excluding hydrogens is 314 g/mol. The number of nitrogens with one attached hydrogen (secondary N) is 1. The first-order chi connectivity index (χ1) is 12.2. The Kier molecular flexibility index (Phi) is 6.06. The Balaban J connectivity index is 1.39. The molecule has 0 bridgehead atoms. The van der Waals surface area contributed by atoms with Crippen LogP contribution in [0.25, 0.3) is 0 Å². The largest absolute Gasteiger partial charge is 0.492 e. The van der Waals surface area contributed by atoms with Crippen LogP contribution in [-0.4, -0.2) is 56.3 Å². The molecular formula is C19H27N5O. The summed E-state index contributed by atoms with van der Waals surface area (Å²) in [5.74, 6) is 2.71. The van der Waals surface area contributed by atoms with Crippen LogP contribution in [-0.2, 0) is 0 Å². The fourth-order valence-corrected chi connectivity index (χ4v) is 2.99. The van der Waals surface area contributed by atoms with Crippen LogP contribution in [0.1, 0.15) is 12.8 Å². The van der Waals surface area contributed by atoms with E-state index < -0.39 is 0 Å². The maximum atomic E-state index is 5.73. The number of anilines is 2. The Bertz CT molecular complexity index is 641. The van der Waals surface area contributed by atoms with Crippen molar-refractivity contribution in [3.05, 3.63) is 42.6 Å². The number of hydrogen-bond donors (Lipinski definition) is 1. The van der Waals surface area contributed by atoms with Gasteiger partial charge in [0.1, 0.15) is 18.2 Å². The average Bonchev–Trinajstić information content (AvgIpc) is 2.67. The third kappa shape index (κ3) is 5.06. The molecule has 1 aliphatic heterocycles. The average molecular weight is 341 g/mol. The van der Waals surface area contributed by atoms with E-state index in [1.54, 1.807) is 0 Å². The van der Waals surface area contributed by atoms with Gasteiger partial charge in [-0.1, -0.05) is 18.2 Å². The number of para-hydroxylation sites is 1. The van der Waals surface area contributed by atoms with Crippen molar-refractivity contribution in [3.63, 3.8) is 0 Å². The summed E-state index contributed by atoms with van der Waals surface area (Å²) in [6.45, 7) is 3.60. The first-order valence-electron chi connectivity index (χ1n) is 8.89. The molecule has 1 saturated heterocycles. The highest BCUT2D eigenvalue weighted by Crippen LogP contribution is 2.19. The van der Waals surface area contributed by atoms with E-state index in [0.717, 1.165) is 50.0 Å². The van der Waals surface area contributed by atoms with Crippen LogP contribution in [0, 0.1) is 0 Å². The predicted octanol–water partition coefficient (Wildman–Crippen LogP) is 2.18. The lowest BCUT2D eigenvalue weighted by molar-refractivity contribution is 0.296. The molecule has 0 atom stereocenters. The molecule has 6 heteroatoms. The van der Waals surface area contributed by atoms with Crippen LogP contribution >= 0.6 is 0 Å². The second-order valence-corrected chi connectivity index (χ2v) is 6.49. The third-order valence-corrected chi connectivity index (χ3v) is 4.39. The van der Waals surface area contributed by atoms with Crippen LogP contribution in [0.3, 0.4) is 0 Å². The second-order valence-electron chi connectivity index (χ2n) is 6.49. The second kappa shape index (κ2) is 8.67. The standard InChI is InChI=1S/C19H27N5O/c1-23(2)19-21-11-8-18(22-19)24-13-9-16(10-14-24)20-12-15-25-17-6-4-3-5-7-17/h3-8,11,16,20H,9-10,12-15H2,1-2H3. The van der Waals surface area contributed by atoms with E-state index in [2.05, 4.69) is 20.2 Å². The van der Waals surface area contributed by atoms with Gasteiger partial charge < -0.3 is 19.9 Å². The first-order valence-corrected chi connectivity index (χ1v) is 8.89. The smallest absolute Gasteiger partial charge is 0.226 e. The lowest BCUT2D eigenvalue weighted by atomic mass is 10.1. The Hall–Kier alpha value is -2.34. The molecule has 3 rings (SSSR count). The molecule has 25 heavy (non-hydrogen) atoms. The highest BCUT2D eigenvalue weighted by Gasteiger charge is 2.20. The van der Waals surface area contributed by atoms with Gasteiger partial charge in [0, 0.05) is 46.0 Å². The minimum atomic E-state index is 0.547. The van der Waals surface area contributed by atoms with E-state index in [4.69, 9.17) is 4.74 Å². The van der Waals surface area contributed by atoms with Crippen LogP contribution in [0.5, 0.6) is 5.75 Å². The van der Waals surface area contributed by atoms with Crippen LogP contribution in [0.15, 0.2) is 42.6 Å². The molecule has 0 saturated carbocycles. The van der Waals surface area contributed by atoms with Crippen LogP contribution < -0.4 is 19.9 Å². The highest BCUT2D eigenvalue weighted by molar-refractivity contribution is 5.43. The molecule has 0 amide bonds. The maximum Gasteiger partial charge on any atom is 0.226 e. The van der Waals surface area contributed by atoms with Crippen LogP contribution in [0.2, 0.25) is 0 Å². The van der Waals surface area contributed by atoms with Gasteiger partial charge in [-0.05, 0) is 31.0 Å². The molecule has 1 aromatic heterocycles. The summed E-state index contributed by atoms with van der Waals surface area (Å²) in [7, 11) is 3.93. The van der Waals surface area contributed by atoms with Crippen molar-refractivity contribution in [1.82, 2.24) is 15.3 Å². The third-order valence-electron chi connectivity index (χ3n) is 4.39. The summed E-state index contributed by atoms with van der Waals surface area (Å²) >= 11 is 0. The molecule has 1 aliphatic rings. The monoisotopic (exact) mass is 341 g/mol. The number of nitrogens with zero attached hydrogens (tertiary/aromatic N) is 4. The molecule has 2 heterocycles. The fraction of sp³-hybridized carbons (Fsp3) is 0.474. The zero-order valence-corrected chi connectivity index (χ0v) is 15.1. The molecule has 134 valence electrons. The Labute approximate surface area is 149 Å². The van der Waals surface area contributed by atoms with Gasteiger partial charge in [-0.25, -0.2) is 4.98 Å². The van der Waals surface area contributed by atoms with Gasteiger partial charge in [-0.2, -0.15) is 4.98 Å². The van der Waals surface area contributed by atoms with Crippen molar-refractivity contribution in [2.75, 3.05) is 50.1 Å². The summed E-state index contributed by atoms with van der Waals surface area (Å²) in [4.78, 5) is 13.2. The number of ether oxygens (including phenoxy) is 1. The first kappa shape index (κ1) is 17.5. The van der Waals surface area contributed by atoms with Crippen molar-refractivity contribution in [1.29, 1.82) is 0 Å². The topological polar surface area (TPSA) is 53.5 Å². The predicted molar refractivity (Wildman–Crippen MR) is 102 cm³/mol. The van der Waals surface area contributed by atoms with Gasteiger partial charge >= 0.3 is 0 Å². The summed E-state index contributed by atoms with van der Waals surface area (Å²) in [6, 6.07) is 12.5. The summed E-state index contributed by atoms with van der Waals surface area (Å²) in [6.07, 6.45) is 4.07. The van der Waals surface area contributed by atoms with Gasteiger partial charge in [-0.3, -0.25) is 0 Å². The fourth-order valence-electron chi connectivity index (χ4n) is 2.99. The van der Waals surface area contributed by atoms with Gasteiger partial charge in [0.05, 0.1) is 0 Å². The Morgan fingerprint density at radius 1 is 1.16 bits per heavy atom. The van der Waals surface area contributed by atoms with Gasteiger partial charge in [0.2, 0.25) is 5.95 Å².